The van der Waals surface area contributed by atoms with Crippen molar-refractivity contribution in [2.75, 3.05) is 6.54 Å². The number of aromatic nitrogens is 3. The zero-order valence-electron chi connectivity index (χ0n) is 10.8. The van der Waals surface area contributed by atoms with Crippen LogP contribution in [0.15, 0.2) is 30.9 Å². The van der Waals surface area contributed by atoms with Crippen molar-refractivity contribution in [3.05, 3.63) is 47.8 Å². The summed E-state index contributed by atoms with van der Waals surface area (Å²) in [5.41, 5.74) is 3.79. The summed E-state index contributed by atoms with van der Waals surface area (Å²) in [7, 11) is 0. The van der Waals surface area contributed by atoms with Crippen molar-refractivity contribution in [1.82, 2.24) is 19.9 Å². The monoisotopic (exact) mass is 242 g/mol. The number of fused-ring (bicyclic) bond motifs is 1. The molecule has 1 unspecified atom stereocenters. The SMILES string of the molecule is CC(C)n1cnc2c1C(c1ccncc1)NCC2. The van der Waals surface area contributed by atoms with Gasteiger partial charge in [0.2, 0.25) is 0 Å². The predicted molar refractivity (Wildman–Crippen MR) is 70.4 cm³/mol. The molecule has 1 aliphatic rings. The first-order chi connectivity index (χ1) is 8.77. The quantitative estimate of drug-likeness (QED) is 0.877. The summed E-state index contributed by atoms with van der Waals surface area (Å²) in [6, 6.07) is 4.82. The fraction of sp³-hybridized carbons (Fsp3) is 0.429. The van der Waals surface area contributed by atoms with Gasteiger partial charge in [0.1, 0.15) is 0 Å². The van der Waals surface area contributed by atoms with E-state index in [2.05, 4.69) is 45.8 Å². The first-order valence-corrected chi connectivity index (χ1v) is 6.46. The topological polar surface area (TPSA) is 42.7 Å². The number of imidazole rings is 1. The van der Waals surface area contributed by atoms with E-state index in [9.17, 15) is 0 Å². The fourth-order valence-corrected chi connectivity index (χ4v) is 2.59. The smallest absolute Gasteiger partial charge is 0.0954 e. The molecule has 1 atom stereocenters. The Kier molecular flexibility index (Phi) is 2.88. The van der Waals surface area contributed by atoms with Gasteiger partial charge in [0.25, 0.3) is 0 Å². The van der Waals surface area contributed by atoms with Crippen LogP contribution in [0.5, 0.6) is 0 Å². The van der Waals surface area contributed by atoms with Crippen LogP contribution < -0.4 is 5.32 Å². The molecule has 0 radical (unpaired) electrons. The fourth-order valence-electron chi connectivity index (χ4n) is 2.59. The average molecular weight is 242 g/mol. The minimum atomic E-state index is 0.238. The molecule has 0 aromatic carbocycles. The maximum absolute atomic E-state index is 4.56. The highest BCUT2D eigenvalue weighted by Gasteiger charge is 2.26. The third-order valence-corrected chi connectivity index (χ3v) is 3.49. The average Bonchev–Trinajstić information content (AvgIpc) is 2.83. The molecule has 0 aliphatic carbocycles. The molecular weight excluding hydrogens is 224 g/mol. The van der Waals surface area contributed by atoms with Crippen LogP contribution in [0.1, 0.15) is 42.9 Å². The summed E-state index contributed by atoms with van der Waals surface area (Å²) in [6.45, 7) is 5.37. The lowest BCUT2D eigenvalue weighted by Gasteiger charge is -2.27. The summed E-state index contributed by atoms with van der Waals surface area (Å²) >= 11 is 0. The van der Waals surface area contributed by atoms with E-state index in [0.29, 0.717) is 6.04 Å². The molecule has 18 heavy (non-hydrogen) atoms. The molecule has 94 valence electrons. The van der Waals surface area contributed by atoms with Crippen LogP contribution in [0.3, 0.4) is 0 Å². The van der Waals surface area contributed by atoms with Crippen LogP contribution in [0.25, 0.3) is 0 Å². The van der Waals surface area contributed by atoms with E-state index in [0.717, 1.165) is 13.0 Å². The zero-order chi connectivity index (χ0) is 12.5. The van der Waals surface area contributed by atoms with Gasteiger partial charge in [-0.05, 0) is 31.5 Å². The second-order valence-electron chi connectivity index (χ2n) is 5.00. The molecule has 2 aromatic heterocycles. The summed E-state index contributed by atoms with van der Waals surface area (Å²) in [4.78, 5) is 8.65. The number of rotatable bonds is 2. The standard InChI is InChI=1S/C14H18N4/c1-10(2)18-9-17-12-5-8-16-13(14(12)18)11-3-6-15-7-4-11/h3-4,6-7,9-10,13,16H,5,8H2,1-2H3. The molecule has 0 saturated carbocycles. The van der Waals surface area contributed by atoms with Gasteiger partial charge in [-0.15, -0.1) is 0 Å². The van der Waals surface area contributed by atoms with Crippen molar-refractivity contribution in [2.45, 2.75) is 32.4 Å². The van der Waals surface area contributed by atoms with Gasteiger partial charge in [-0.3, -0.25) is 4.98 Å². The van der Waals surface area contributed by atoms with Crippen LogP contribution in [0, 0.1) is 0 Å². The molecule has 1 aliphatic heterocycles. The number of hydrogen-bond acceptors (Lipinski definition) is 3. The maximum Gasteiger partial charge on any atom is 0.0954 e. The van der Waals surface area contributed by atoms with Crippen LogP contribution in [-0.4, -0.2) is 21.1 Å². The number of pyridine rings is 1. The van der Waals surface area contributed by atoms with Gasteiger partial charge in [-0.2, -0.15) is 0 Å². The summed E-state index contributed by atoms with van der Waals surface area (Å²) in [6.07, 6.45) is 6.68. The van der Waals surface area contributed by atoms with E-state index in [1.807, 2.05) is 18.7 Å². The Bertz CT molecular complexity index is 530. The minimum absolute atomic E-state index is 0.238. The second-order valence-corrected chi connectivity index (χ2v) is 5.00. The molecule has 1 N–H and O–H groups in total. The van der Waals surface area contributed by atoms with Crippen LogP contribution in [-0.2, 0) is 6.42 Å². The zero-order valence-corrected chi connectivity index (χ0v) is 10.8. The van der Waals surface area contributed by atoms with Crippen LogP contribution in [0.4, 0.5) is 0 Å². The first kappa shape index (κ1) is 11.4. The number of nitrogens with zero attached hydrogens (tertiary/aromatic N) is 3. The van der Waals surface area contributed by atoms with Crippen molar-refractivity contribution in [3.8, 4) is 0 Å². The van der Waals surface area contributed by atoms with Crippen molar-refractivity contribution in [1.29, 1.82) is 0 Å². The Morgan fingerprint density at radius 2 is 2.11 bits per heavy atom. The van der Waals surface area contributed by atoms with Gasteiger partial charge in [0, 0.05) is 31.4 Å². The van der Waals surface area contributed by atoms with Gasteiger partial charge in [0.05, 0.1) is 23.8 Å². The molecule has 2 aromatic rings. The van der Waals surface area contributed by atoms with Crippen molar-refractivity contribution in [2.24, 2.45) is 0 Å². The van der Waals surface area contributed by atoms with Crippen molar-refractivity contribution in [3.63, 3.8) is 0 Å². The highest BCUT2D eigenvalue weighted by Crippen LogP contribution is 2.29. The van der Waals surface area contributed by atoms with Gasteiger partial charge in [0.15, 0.2) is 0 Å². The van der Waals surface area contributed by atoms with E-state index in [-0.39, 0.29) is 6.04 Å². The van der Waals surface area contributed by atoms with Gasteiger partial charge in [-0.1, -0.05) is 0 Å². The lowest BCUT2D eigenvalue weighted by Crippen LogP contribution is -2.32. The number of nitrogens with one attached hydrogen (secondary N) is 1. The Hall–Kier alpha value is -1.68. The lowest BCUT2D eigenvalue weighted by atomic mass is 9.98. The Morgan fingerprint density at radius 1 is 1.33 bits per heavy atom. The molecule has 0 amide bonds. The molecule has 0 fully saturated rings. The lowest BCUT2D eigenvalue weighted by molar-refractivity contribution is 0.491. The highest BCUT2D eigenvalue weighted by molar-refractivity contribution is 5.32. The summed E-state index contributed by atoms with van der Waals surface area (Å²) < 4.78 is 2.27. The first-order valence-electron chi connectivity index (χ1n) is 6.46. The molecule has 0 saturated heterocycles. The molecular formula is C14H18N4. The molecule has 0 spiro atoms. The van der Waals surface area contributed by atoms with Gasteiger partial charge < -0.3 is 9.88 Å². The Balaban J connectivity index is 2.08. The molecule has 4 heteroatoms. The van der Waals surface area contributed by atoms with Gasteiger partial charge >= 0.3 is 0 Å². The van der Waals surface area contributed by atoms with Gasteiger partial charge in [-0.25, -0.2) is 4.98 Å². The number of hydrogen-bond donors (Lipinski definition) is 1. The van der Waals surface area contributed by atoms with Crippen LogP contribution in [0.2, 0.25) is 0 Å². The minimum Gasteiger partial charge on any atom is -0.330 e. The van der Waals surface area contributed by atoms with E-state index < -0.39 is 0 Å². The largest absolute Gasteiger partial charge is 0.330 e. The van der Waals surface area contributed by atoms with Crippen molar-refractivity contribution >= 4 is 0 Å². The molecule has 4 nitrogen and oxygen atoms in total. The maximum atomic E-state index is 4.56. The third-order valence-electron chi connectivity index (χ3n) is 3.49. The summed E-state index contributed by atoms with van der Waals surface area (Å²) in [5, 5.41) is 3.58. The Labute approximate surface area is 107 Å². The summed E-state index contributed by atoms with van der Waals surface area (Å²) in [5.74, 6) is 0. The molecule has 0 bridgehead atoms. The third kappa shape index (κ3) is 1.82. The second kappa shape index (κ2) is 4.53. The molecule has 3 rings (SSSR count). The van der Waals surface area contributed by atoms with Crippen LogP contribution >= 0.6 is 0 Å². The highest BCUT2D eigenvalue weighted by atomic mass is 15.1. The molecule has 3 heterocycles. The van der Waals surface area contributed by atoms with E-state index in [4.69, 9.17) is 0 Å². The van der Waals surface area contributed by atoms with E-state index in [1.54, 1.807) is 0 Å². The van der Waals surface area contributed by atoms with E-state index in [1.165, 1.54) is 17.0 Å². The normalized spacial score (nSPS) is 18.9. The van der Waals surface area contributed by atoms with E-state index >= 15 is 0 Å². The Morgan fingerprint density at radius 3 is 2.83 bits per heavy atom. The van der Waals surface area contributed by atoms with Crippen molar-refractivity contribution < 1.29 is 0 Å². The predicted octanol–water partition coefficient (Wildman–Crippen LogP) is 2.09.